The number of hydrogen-bond donors (Lipinski definition) is 1. The minimum Gasteiger partial charge on any atom is -0.411 e. The summed E-state index contributed by atoms with van der Waals surface area (Å²) in [5, 5.41) is 21.4. The second-order valence-corrected chi connectivity index (χ2v) is 6.65. The van der Waals surface area contributed by atoms with Gasteiger partial charge in [-0.2, -0.15) is 0 Å². The summed E-state index contributed by atoms with van der Waals surface area (Å²) in [5.74, 6) is 0.0442. The Morgan fingerprint density at radius 3 is 2.88 bits per heavy atom. The fourth-order valence-electron chi connectivity index (χ4n) is 1.91. The van der Waals surface area contributed by atoms with Gasteiger partial charge in [-0.05, 0) is 34.1 Å². The molecule has 2 heterocycles. The summed E-state index contributed by atoms with van der Waals surface area (Å²) >= 11 is 4.28. The van der Waals surface area contributed by atoms with Gasteiger partial charge in [-0.15, -0.1) is 10.2 Å². The molecule has 132 valence electrons. The molecule has 0 aliphatic carbocycles. The molecule has 3 aromatic rings. The highest BCUT2D eigenvalue weighted by Crippen LogP contribution is 2.28. The van der Waals surface area contributed by atoms with Gasteiger partial charge >= 0.3 is 0 Å². The molecule has 0 radical (unpaired) electrons. The number of benzene rings is 1. The third kappa shape index (κ3) is 4.43. The first-order valence-electron chi connectivity index (χ1n) is 7.13. The Bertz CT molecular complexity index is 950. The van der Waals surface area contributed by atoms with E-state index in [1.165, 1.54) is 18.2 Å². The van der Waals surface area contributed by atoms with E-state index in [4.69, 9.17) is 4.42 Å². The fourth-order valence-corrected chi connectivity index (χ4v) is 2.94. The predicted octanol–water partition coefficient (Wildman–Crippen LogP) is 3.53. The lowest BCUT2D eigenvalue weighted by atomic mass is 10.3. The number of nitro benzene ring substituents is 1. The maximum atomic E-state index is 12.0. The second kappa shape index (κ2) is 8.06. The van der Waals surface area contributed by atoms with E-state index in [0.29, 0.717) is 21.6 Å². The van der Waals surface area contributed by atoms with Gasteiger partial charge in [-0.3, -0.25) is 19.9 Å². The third-order valence-corrected chi connectivity index (χ3v) is 4.55. The number of halogens is 1. The molecule has 0 unspecified atom stereocenters. The molecule has 0 bridgehead atoms. The van der Waals surface area contributed by atoms with E-state index in [0.717, 1.165) is 11.8 Å². The largest absolute Gasteiger partial charge is 0.411 e. The smallest absolute Gasteiger partial charge is 0.277 e. The number of nitrogens with zero attached hydrogens (tertiary/aromatic N) is 4. The summed E-state index contributed by atoms with van der Waals surface area (Å²) < 4.78 is 5.89. The number of nitro groups is 1. The lowest BCUT2D eigenvalue weighted by Crippen LogP contribution is -2.14. The van der Waals surface area contributed by atoms with E-state index in [-0.39, 0.29) is 22.6 Å². The van der Waals surface area contributed by atoms with Crippen LogP contribution >= 0.6 is 27.7 Å². The average Bonchev–Trinajstić information content (AvgIpc) is 3.11. The maximum absolute atomic E-state index is 12.0. The zero-order chi connectivity index (χ0) is 18.5. The zero-order valence-electron chi connectivity index (χ0n) is 13.0. The summed E-state index contributed by atoms with van der Waals surface area (Å²) in [5.41, 5.74) is 1.05. The average molecular weight is 436 g/mol. The molecule has 1 aromatic carbocycles. The van der Waals surface area contributed by atoms with Crippen LogP contribution in [0.1, 0.15) is 0 Å². The van der Waals surface area contributed by atoms with Crippen LogP contribution in [-0.4, -0.2) is 31.8 Å². The lowest BCUT2D eigenvalue weighted by Gasteiger charge is -2.06. The number of amides is 1. The van der Waals surface area contributed by atoms with Crippen LogP contribution in [0.4, 0.5) is 11.4 Å². The van der Waals surface area contributed by atoms with E-state index in [1.807, 2.05) is 0 Å². The molecule has 26 heavy (non-hydrogen) atoms. The number of anilines is 1. The van der Waals surface area contributed by atoms with Gasteiger partial charge in [0, 0.05) is 29.0 Å². The zero-order valence-corrected chi connectivity index (χ0v) is 15.4. The molecule has 1 N–H and O–H groups in total. The fraction of sp³-hybridized carbons (Fsp3) is 0.0667. The molecule has 11 heteroatoms. The van der Waals surface area contributed by atoms with Crippen LogP contribution in [0.5, 0.6) is 0 Å². The van der Waals surface area contributed by atoms with Gasteiger partial charge < -0.3 is 9.73 Å². The van der Waals surface area contributed by atoms with Crippen molar-refractivity contribution < 1.29 is 14.1 Å². The van der Waals surface area contributed by atoms with Crippen molar-refractivity contribution in [3.05, 3.63) is 57.3 Å². The van der Waals surface area contributed by atoms with Crippen LogP contribution in [-0.2, 0) is 4.79 Å². The molecule has 0 spiro atoms. The van der Waals surface area contributed by atoms with E-state index in [9.17, 15) is 14.9 Å². The van der Waals surface area contributed by atoms with Gasteiger partial charge in [-0.25, -0.2) is 0 Å². The van der Waals surface area contributed by atoms with Gasteiger partial charge in [0.15, 0.2) is 0 Å². The van der Waals surface area contributed by atoms with Crippen molar-refractivity contribution in [1.82, 2.24) is 15.2 Å². The van der Waals surface area contributed by atoms with Crippen molar-refractivity contribution in [2.24, 2.45) is 0 Å². The van der Waals surface area contributed by atoms with Crippen molar-refractivity contribution >= 4 is 45.0 Å². The monoisotopic (exact) mass is 435 g/mol. The number of rotatable bonds is 6. The van der Waals surface area contributed by atoms with Gasteiger partial charge in [0.1, 0.15) is 0 Å². The Labute approximate surface area is 159 Å². The summed E-state index contributed by atoms with van der Waals surface area (Å²) in [6, 6.07) is 7.63. The SMILES string of the molecule is O=C(CSc1nnc(-c2cccnc2)o1)Nc1ccc([N+](=O)[O-])cc1Br. The summed E-state index contributed by atoms with van der Waals surface area (Å²) in [7, 11) is 0. The van der Waals surface area contributed by atoms with E-state index >= 15 is 0 Å². The second-order valence-electron chi connectivity index (χ2n) is 4.87. The van der Waals surface area contributed by atoms with Gasteiger partial charge in [0.25, 0.3) is 10.9 Å². The van der Waals surface area contributed by atoms with Crippen LogP contribution in [0, 0.1) is 10.1 Å². The number of non-ortho nitro benzene ring substituents is 1. The number of pyridine rings is 1. The number of carbonyl (C=O) groups is 1. The van der Waals surface area contributed by atoms with E-state index in [2.05, 4.69) is 36.4 Å². The minimum atomic E-state index is -0.512. The Balaban J connectivity index is 1.58. The molecule has 0 aliphatic rings. The van der Waals surface area contributed by atoms with Crippen molar-refractivity contribution in [2.75, 3.05) is 11.1 Å². The van der Waals surface area contributed by atoms with Crippen LogP contribution in [0.25, 0.3) is 11.5 Å². The van der Waals surface area contributed by atoms with Gasteiger partial charge in [0.2, 0.25) is 11.8 Å². The molecular weight excluding hydrogens is 426 g/mol. The number of aromatic nitrogens is 3. The Morgan fingerprint density at radius 1 is 1.35 bits per heavy atom. The van der Waals surface area contributed by atoms with Gasteiger partial charge in [0.05, 0.1) is 21.9 Å². The Hall–Kier alpha value is -2.79. The first kappa shape index (κ1) is 18.0. The first-order valence-corrected chi connectivity index (χ1v) is 8.91. The van der Waals surface area contributed by atoms with Crippen molar-refractivity contribution in [1.29, 1.82) is 0 Å². The molecule has 3 rings (SSSR count). The molecule has 1 amide bonds. The summed E-state index contributed by atoms with van der Waals surface area (Å²) in [6.45, 7) is 0. The number of thioether (sulfide) groups is 1. The van der Waals surface area contributed by atoms with E-state index in [1.54, 1.807) is 24.5 Å². The molecular formula is C15H10BrN5O4S. The molecule has 0 atom stereocenters. The minimum absolute atomic E-state index is 0.0398. The molecule has 0 saturated carbocycles. The highest BCUT2D eigenvalue weighted by atomic mass is 79.9. The van der Waals surface area contributed by atoms with Gasteiger partial charge in [-0.1, -0.05) is 11.8 Å². The number of carbonyl (C=O) groups excluding carboxylic acids is 1. The number of nitrogens with one attached hydrogen (secondary N) is 1. The highest BCUT2D eigenvalue weighted by Gasteiger charge is 2.14. The van der Waals surface area contributed by atoms with Crippen molar-refractivity contribution in [2.45, 2.75) is 5.22 Å². The van der Waals surface area contributed by atoms with Crippen LogP contribution in [0.15, 0.2) is 56.8 Å². The van der Waals surface area contributed by atoms with Crippen molar-refractivity contribution in [3.63, 3.8) is 0 Å². The maximum Gasteiger partial charge on any atom is 0.277 e. The molecule has 0 aliphatic heterocycles. The lowest BCUT2D eigenvalue weighted by molar-refractivity contribution is -0.384. The standard InChI is InChI=1S/C15H10BrN5O4S/c16-11-6-10(21(23)24)3-4-12(11)18-13(22)8-26-15-20-19-14(25-15)9-2-1-5-17-7-9/h1-7H,8H2,(H,18,22). The number of hydrogen-bond acceptors (Lipinski definition) is 8. The van der Waals surface area contributed by atoms with Crippen LogP contribution in [0.3, 0.4) is 0 Å². The molecule has 0 fully saturated rings. The summed E-state index contributed by atoms with van der Waals surface area (Å²) in [4.78, 5) is 26.2. The van der Waals surface area contributed by atoms with Crippen molar-refractivity contribution in [3.8, 4) is 11.5 Å². The van der Waals surface area contributed by atoms with E-state index < -0.39 is 4.92 Å². The molecule has 2 aromatic heterocycles. The Kier molecular flexibility index (Phi) is 5.58. The van der Waals surface area contributed by atoms with Crippen LogP contribution in [0.2, 0.25) is 0 Å². The Morgan fingerprint density at radius 2 is 2.19 bits per heavy atom. The topological polar surface area (TPSA) is 124 Å². The third-order valence-electron chi connectivity index (χ3n) is 3.08. The molecule has 9 nitrogen and oxygen atoms in total. The predicted molar refractivity (Wildman–Crippen MR) is 97.7 cm³/mol. The normalized spacial score (nSPS) is 10.5. The molecule has 0 saturated heterocycles. The summed E-state index contributed by atoms with van der Waals surface area (Å²) in [6.07, 6.45) is 3.23. The van der Waals surface area contributed by atoms with Crippen LogP contribution < -0.4 is 5.32 Å². The first-order chi connectivity index (χ1) is 12.5. The highest BCUT2D eigenvalue weighted by molar-refractivity contribution is 9.10. The quantitative estimate of drug-likeness (QED) is 0.354.